The standard InChI is InChI=1S/C26H31FN2O3/c1-2-15-32-24-16-20(28-25(30)21-9-5-6-10-23(21)27)11-12-22(24)26(31)29-14-13-18-7-3-4-8-19(18)17-29/h5-6,9-12,16,18-19H,2-4,7-8,13-15,17H2,1H3,(H,28,30). The number of amides is 2. The first kappa shape index (κ1) is 22.3. The molecule has 2 aromatic rings. The van der Waals surface area contributed by atoms with Gasteiger partial charge in [0.2, 0.25) is 0 Å². The average molecular weight is 439 g/mol. The second-order valence-electron chi connectivity index (χ2n) is 8.84. The van der Waals surface area contributed by atoms with Crippen LogP contribution in [0.5, 0.6) is 5.75 Å². The van der Waals surface area contributed by atoms with Gasteiger partial charge in [-0.3, -0.25) is 9.59 Å². The van der Waals surface area contributed by atoms with Crippen LogP contribution >= 0.6 is 0 Å². The lowest BCUT2D eigenvalue weighted by Gasteiger charge is -2.41. The van der Waals surface area contributed by atoms with Crippen molar-refractivity contribution in [2.24, 2.45) is 11.8 Å². The van der Waals surface area contributed by atoms with Crippen LogP contribution in [-0.2, 0) is 0 Å². The zero-order valence-corrected chi connectivity index (χ0v) is 18.6. The first-order valence-electron chi connectivity index (χ1n) is 11.7. The molecule has 0 aromatic heterocycles. The highest BCUT2D eigenvalue weighted by molar-refractivity contribution is 6.05. The smallest absolute Gasteiger partial charge is 0.258 e. The van der Waals surface area contributed by atoms with E-state index in [4.69, 9.17) is 4.74 Å². The molecule has 2 unspecified atom stereocenters. The van der Waals surface area contributed by atoms with Crippen LogP contribution in [0.2, 0.25) is 0 Å². The number of piperidine rings is 1. The van der Waals surface area contributed by atoms with E-state index in [9.17, 15) is 14.0 Å². The highest BCUT2D eigenvalue weighted by atomic mass is 19.1. The molecule has 0 bridgehead atoms. The molecule has 1 saturated carbocycles. The van der Waals surface area contributed by atoms with Crippen LogP contribution < -0.4 is 10.1 Å². The zero-order valence-electron chi connectivity index (χ0n) is 18.6. The van der Waals surface area contributed by atoms with Gasteiger partial charge in [-0.2, -0.15) is 0 Å². The number of nitrogens with zero attached hydrogens (tertiary/aromatic N) is 1. The quantitative estimate of drug-likeness (QED) is 0.646. The number of ether oxygens (including phenoxy) is 1. The summed E-state index contributed by atoms with van der Waals surface area (Å²) in [5.74, 6) is 0.662. The maximum atomic E-state index is 13.9. The fourth-order valence-electron chi connectivity index (χ4n) is 4.91. The molecule has 1 heterocycles. The van der Waals surface area contributed by atoms with Gasteiger partial charge < -0.3 is 15.0 Å². The Morgan fingerprint density at radius 1 is 1.06 bits per heavy atom. The summed E-state index contributed by atoms with van der Waals surface area (Å²) in [4.78, 5) is 27.8. The summed E-state index contributed by atoms with van der Waals surface area (Å²) in [6.07, 6.45) is 6.92. The normalized spacial score (nSPS) is 20.4. The van der Waals surface area contributed by atoms with Crippen molar-refractivity contribution in [2.75, 3.05) is 25.0 Å². The number of likely N-dealkylation sites (tertiary alicyclic amines) is 1. The Labute approximate surface area is 188 Å². The molecule has 0 spiro atoms. The molecule has 5 nitrogen and oxygen atoms in total. The van der Waals surface area contributed by atoms with Gasteiger partial charge in [0.25, 0.3) is 11.8 Å². The van der Waals surface area contributed by atoms with Crippen molar-refractivity contribution in [3.8, 4) is 5.75 Å². The van der Waals surface area contributed by atoms with E-state index in [0.29, 0.717) is 29.5 Å². The van der Waals surface area contributed by atoms with E-state index in [1.54, 1.807) is 30.3 Å². The maximum Gasteiger partial charge on any atom is 0.258 e. The van der Waals surface area contributed by atoms with Crippen molar-refractivity contribution in [3.05, 3.63) is 59.4 Å². The van der Waals surface area contributed by atoms with Gasteiger partial charge in [-0.25, -0.2) is 4.39 Å². The van der Waals surface area contributed by atoms with E-state index in [-0.39, 0.29) is 11.5 Å². The zero-order chi connectivity index (χ0) is 22.5. The van der Waals surface area contributed by atoms with Crippen LogP contribution in [0.1, 0.15) is 66.2 Å². The van der Waals surface area contributed by atoms with Crippen LogP contribution in [0, 0.1) is 17.7 Å². The minimum Gasteiger partial charge on any atom is -0.493 e. The number of carbonyl (C=O) groups excluding carboxylic acids is 2. The van der Waals surface area contributed by atoms with Gasteiger partial charge >= 0.3 is 0 Å². The lowest BCUT2D eigenvalue weighted by Crippen LogP contribution is -2.44. The molecular formula is C26H31FN2O3. The SMILES string of the molecule is CCCOc1cc(NC(=O)c2ccccc2F)ccc1C(=O)N1CCC2CCCCC2C1. The van der Waals surface area contributed by atoms with Crippen molar-refractivity contribution in [3.63, 3.8) is 0 Å². The lowest BCUT2D eigenvalue weighted by molar-refractivity contribution is 0.0517. The third-order valence-corrected chi connectivity index (χ3v) is 6.63. The Kier molecular flexibility index (Phi) is 7.08. The van der Waals surface area contributed by atoms with Crippen LogP contribution in [0.25, 0.3) is 0 Å². The number of hydrogen-bond donors (Lipinski definition) is 1. The summed E-state index contributed by atoms with van der Waals surface area (Å²) >= 11 is 0. The third-order valence-electron chi connectivity index (χ3n) is 6.63. The minimum absolute atomic E-state index is 0.0212. The topological polar surface area (TPSA) is 58.6 Å². The predicted molar refractivity (Wildman–Crippen MR) is 123 cm³/mol. The Morgan fingerprint density at radius 2 is 1.84 bits per heavy atom. The van der Waals surface area contributed by atoms with Crippen LogP contribution in [-0.4, -0.2) is 36.4 Å². The number of rotatable bonds is 6. The molecule has 1 aliphatic heterocycles. The minimum atomic E-state index is -0.578. The van der Waals surface area contributed by atoms with E-state index >= 15 is 0 Å². The third kappa shape index (κ3) is 4.95. The number of benzene rings is 2. The van der Waals surface area contributed by atoms with Crippen molar-refractivity contribution < 1.29 is 18.7 Å². The molecule has 0 radical (unpaired) electrons. The number of carbonyl (C=O) groups is 2. The molecule has 2 aromatic carbocycles. The molecule has 1 saturated heterocycles. The van der Waals surface area contributed by atoms with Gasteiger partial charge in [0.15, 0.2) is 0 Å². The summed E-state index contributed by atoms with van der Waals surface area (Å²) in [7, 11) is 0. The summed E-state index contributed by atoms with van der Waals surface area (Å²) in [6.45, 7) is 4.05. The van der Waals surface area contributed by atoms with Gasteiger partial charge in [0, 0.05) is 24.8 Å². The first-order chi connectivity index (χ1) is 15.6. The molecule has 1 N–H and O–H groups in total. The predicted octanol–water partition coefficient (Wildman–Crippen LogP) is 5.52. The molecule has 2 aliphatic rings. The van der Waals surface area contributed by atoms with Crippen molar-refractivity contribution in [2.45, 2.75) is 45.4 Å². The van der Waals surface area contributed by atoms with E-state index in [0.717, 1.165) is 31.8 Å². The average Bonchev–Trinajstić information content (AvgIpc) is 2.82. The highest BCUT2D eigenvalue weighted by Crippen LogP contribution is 2.37. The van der Waals surface area contributed by atoms with Crippen molar-refractivity contribution >= 4 is 17.5 Å². The number of anilines is 1. The van der Waals surface area contributed by atoms with Gasteiger partial charge in [0.1, 0.15) is 11.6 Å². The summed E-state index contributed by atoms with van der Waals surface area (Å²) in [5.41, 5.74) is 0.947. The monoisotopic (exact) mass is 438 g/mol. The molecule has 6 heteroatoms. The number of hydrogen-bond acceptors (Lipinski definition) is 3. The van der Waals surface area contributed by atoms with Gasteiger partial charge in [-0.15, -0.1) is 0 Å². The molecule has 2 amide bonds. The van der Waals surface area contributed by atoms with Gasteiger partial charge in [0.05, 0.1) is 17.7 Å². The number of nitrogens with one attached hydrogen (secondary N) is 1. The molecular weight excluding hydrogens is 407 g/mol. The molecule has 32 heavy (non-hydrogen) atoms. The van der Waals surface area contributed by atoms with E-state index in [1.807, 2.05) is 11.8 Å². The fraction of sp³-hybridized carbons (Fsp3) is 0.462. The molecule has 2 fully saturated rings. The summed E-state index contributed by atoms with van der Waals surface area (Å²) in [5, 5.41) is 2.71. The van der Waals surface area contributed by atoms with E-state index < -0.39 is 11.7 Å². The van der Waals surface area contributed by atoms with Crippen molar-refractivity contribution in [1.82, 2.24) is 4.90 Å². The van der Waals surface area contributed by atoms with Crippen LogP contribution in [0.3, 0.4) is 0 Å². The fourth-order valence-corrected chi connectivity index (χ4v) is 4.91. The largest absolute Gasteiger partial charge is 0.493 e. The number of halogens is 1. The molecule has 170 valence electrons. The molecule has 4 rings (SSSR count). The van der Waals surface area contributed by atoms with Crippen LogP contribution in [0.4, 0.5) is 10.1 Å². The summed E-state index contributed by atoms with van der Waals surface area (Å²) in [6, 6.07) is 10.9. The molecule has 2 atom stereocenters. The highest BCUT2D eigenvalue weighted by Gasteiger charge is 2.34. The Morgan fingerprint density at radius 3 is 2.62 bits per heavy atom. The van der Waals surface area contributed by atoms with E-state index in [1.165, 1.54) is 37.8 Å². The summed E-state index contributed by atoms with van der Waals surface area (Å²) < 4.78 is 19.8. The van der Waals surface area contributed by atoms with E-state index in [2.05, 4.69) is 5.32 Å². The lowest BCUT2D eigenvalue weighted by atomic mass is 9.75. The Balaban J connectivity index is 1.52. The second-order valence-corrected chi connectivity index (χ2v) is 8.84. The Bertz CT molecular complexity index is 977. The van der Waals surface area contributed by atoms with Gasteiger partial charge in [-0.1, -0.05) is 38.3 Å². The second kappa shape index (κ2) is 10.2. The van der Waals surface area contributed by atoms with Crippen LogP contribution in [0.15, 0.2) is 42.5 Å². The molecule has 1 aliphatic carbocycles. The van der Waals surface area contributed by atoms with Crippen molar-refractivity contribution in [1.29, 1.82) is 0 Å². The maximum absolute atomic E-state index is 13.9. The first-order valence-corrected chi connectivity index (χ1v) is 11.7. The Hall–Kier alpha value is -2.89. The number of fused-ring (bicyclic) bond motifs is 1. The van der Waals surface area contributed by atoms with Gasteiger partial charge in [-0.05, 0) is 55.4 Å².